The lowest BCUT2D eigenvalue weighted by Crippen LogP contribution is -2.02. The van der Waals surface area contributed by atoms with Gasteiger partial charge in [0.05, 0.1) is 12.7 Å². The quantitative estimate of drug-likeness (QED) is 0.633. The molecule has 0 atom stereocenters. The minimum atomic E-state index is -0.508. The van der Waals surface area contributed by atoms with Crippen molar-refractivity contribution >= 4 is 5.97 Å². The number of carbonyl (C=O) groups is 1. The number of esters is 1. The summed E-state index contributed by atoms with van der Waals surface area (Å²) in [6.45, 7) is 0. The highest BCUT2D eigenvalue weighted by Gasteiger charge is 2.27. The van der Waals surface area contributed by atoms with Crippen LogP contribution < -0.4 is 0 Å². The van der Waals surface area contributed by atoms with E-state index in [2.05, 4.69) is 4.98 Å². The van der Waals surface area contributed by atoms with Gasteiger partial charge in [-0.2, -0.15) is 4.39 Å². The zero-order valence-corrected chi connectivity index (χ0v) is 11.1. The average molecular weight is 271 g/mol. The molecule has 0 radical (unpaired) electrons. The molecule has 0 amide bonds. The lowest BCUT2D eigenvalue weighted by molar-refractivity contribution is 0.0601. The van der Waals surface area contributed by atoms with E-state index in [1.807, 2.05) is 6.07 Å². The van der Waals surface area contributed by atoms with E-state index in [-0.39, 0.29) is 5.97 Å². The fourth-order valence-electron chi connectivity index (χ4n) is 2.34. The molecule has 0 saturated heterocycles. The fourth-order valence-corrected chi connectivity index (χ4v) is 2.34. The number of ether oxygens (including phenoxy) is 1. The van der Waals surface area contributed by atoms with Gasteiger partial charge in [-0.1, -0.05) is 6.07 Å². The fraction of sp³-hybridized carbons (Fsp3) is 0.250. The van der Waals surface area contributed by atoms with Crippen LogP contribution in [0.15, 0.2) is 36.5 Å². The molecule has 0 spiro atoms. The molecular weight excluding hydrogens is 257 g/mol. The summed E-state index contributed by atoms with van der Waals surface area (Å²) in [5.74, 6) is -0.351. The third kappa shape index (κ3) is 2.41. The largest absolute Gasteiger partial charge is 0.465 e. The first kappa shape index (κ1) is 12.8. The van der Waals surface area contributed by atoms with Crippen molar-refractivity contribution in [3.8, 4) is 11.1 Å². The van der Waals surface area contributed by atoms with Gasteiger partial charge in [-0.25, -0.2) is 9.78 Å². The van der Waals surface area contributed by atoms with Gasteiger partial charge in [0.15, 0.2) is 0 Å². The molecule has 0 unspecified atom stereocenters. The first-order valence-electron chi connectivity index (χ1n) is 6.53. The topological polar surface area (TPSA) is 39.2 Å². The van der Waals surface area contributed by atoms with Crippen molar-refractivity contribution < 1.29 is 13.9 Å². The highest BCUT2D eigenvalue weighted by Crippen LogP contribution is 2.44. The van der Waals surface area contributed by atoms with Crippen molar-refractivity contribution in [2.24, 2.45) is 0 Å². The Morgan fingerprint density at radius 3 is 2.70 bits per heavy atom. The van der Waals surface area contributed by atoms with E-state index in [9.17, 15) is 9.18 Å². The van der Waals surface area contributed by atoms with Crippen molar-refractivity contribution in [3.05, 3.63) is 53.6 Å². The highest BCUT2D eigenvalue weighted by atomic mass is 19.1. The van der Waals surface area contributed by atoms with Crippen LogP contribution in [0.2, 0.25) is 0 Å². The first-order valence-corrected chi connectivity index (χ1v) is 6.53. The number of benzene rings is 1. The van der Waals surface area contributed by atoms with Gasteiger partial charge in [0.1, 0.15) is 0 Å². The molecule has 1 aliphatic rings. The highest BCUT2D eigenvalue weighted by molar-refractivity contribution is 5.91. The Balaban J connectivity index is 2.09. The van der Waals surface area contributed by atoms with Gasteiger partial charge in [-0.05, 0) is 54.2 Å². The van der Waals surface area contributed by atoms with E-state index >= 15 is 0 Å². The Bertz CT molecular complexity index is 648. The van der Waals surface area contributed by atoms with Gasteiger partial charge in [-0.3, -0.25) is 0 Å². The van der Waals surface area contributed by atoms with Crippen LogP contribution in [-0.4, -0.2) is 18.1 Å². The Labute approximate surface area is 116 Å². The zero-order valence-electron chi connectivity index (χ0n) is 11.1. The number of nitrogens with zero attached hydrogens (tertiary/aromatic N) is 1. The maximum absolute atomic E-state index is 13.0. The van der Waals surface area contributed by atoms with E-state index in [0.29, 0.717) is 11.5 Å². The van der Waals surface area contributed by atoms with E-state index in [1.165, 1.54) is 24.9 Å². The Kier molecular flexibility index (Phi) is 3.22. The number of hydrogen-bond acceptors (Lipinski definition) is 3. The minimum Gasteiger partial charge on any atom is -0.465 e. The van der Waals surface area contributed by atoms with Gasteiger partial charge < -0.3 is 4.74 Å². The summed E-state index contributed by atoms with van der Waals surface area (Å²) >= 11 is 0. The molecule has 1 aromatic heterocycles. The molecule has 2 aromatic rings. The van der Waals surface area contributed by atoms with Crippen LogP contribution in [0.3, 0.4) is 0 Å². The zero-order chi connectivity index (χ0) is 14.1. The Hall–Kier alpha value is -2.23. The van der Waals surface area contributed by atoms with Gasteiger partial charge in [0.2, 0.25) is 5.95 Å². The number of rotatable bonds is 3. The number of hydrogen-bond donors (Lipinski definition) is 0. The van der Waals surface area contributed by atoms with Crippen molar-refractivity contribution in [1.82, 2.24) is 4.98 Å². The molecule has 0 bridgehead atoms. The number of halogens is 1. The molecule has 1 heterocycles. The van der Waals surface area contributed by atoms with Crippen LogP contribution in [0.4, 0.5) is 4.39 Å². The van der Waals surface area contributed by atoms with E-state index in [0.717, 1.165) is 24.0 Å². The van der Waals surface area contributed by atoms with Gasteiger partial charge >= 0.3 is 5.97 Å². The maximum Gasteiger partial charge on any atom is 0.337 e. The van der Waals surface area contributed by atoms with Crippen LogP contribution in [0, 0.1) is 5.95 Å². The molecular formula is C16H14FNO2. The second-order valence-corrected chi connectivity index (χ2v) is 4.94. The predicted molar refractivity (Wildman–Crippen MR) is 72.9 cm³/mol. The SMILES string of the molecule is COC(=O)c1ccc(C2CC2)c(-c2ccc(F)nc2)c1. The minimum absolute atomic E-state index is 0.372. The lowest BCUT2D eigenvalue weighted by atomic mass is 9.95. The lowest BCUT2D eigenvalue weighted by Gasteiger charge is -2.10. The maximum atomic E-state index is 13.0. The van der Waals surface area contributed by atoms with Crippen LogP contribution in [0.5, 0.6) is 0 Å². The third-order valence-electron chi connectivity index (χ3n) is 3.53. The monoisotopic (exact) mass is 271 g/mol. The van der Waals surface area contributed by atoms with E-state index < -0.39 is 5.95 Å². The summed E-state index contributed by atoms with van der Waals surface area (Å²) in [6, 6.07) is 8.55. The van der Waals surface area contributed by atoms with E-state index in [1.54, 1.807) is 18.2 Å². The molecule has 20 heavy (non-hydrogen) atoms. The van der Waals surface area contributed by atoms with Crippen LogP contribution in [0.25, 0.3) is 11.1 Å². The summed E-state index contributed by atoms with van der Waals surface area (Å²) < 4.78 is 17.7. The van der Waals surface area contributed by atoms with Gasteiger partial charge in [0.25, 0.3) is 0 Å². The third-order valence-corrected chi connectivity index (χ3v) is 3.53. The molecule has 3 rings (SSSR count). The smallest absolute Gasteiger partial charge is 0.337 e. The second kappa shape index (κ2) is 5.04. The standard InChI is InChI=1S/C16H14FNO2/c1-20-16(19)11-4-6-13(10-2-3-10)14(8-11)12-5-7-15(17)18-9-12/h4-10H,2-3H2,1H3. The normalized spacial score (nSPS) is 14.1. The average Bonchev–Trinajstić information content (AvgIpc) is 3.31. The van der Waals surface area contributed by atoms with E-state index in [4.69, 9.17) is 4.74 Å². The van der Waals surface area contributed by atoms with Crippen LogP contribution >= 0.6 is 0 Å². The van der Waals surface area contributed by atoms with Gasteiger partial charge in [0, 0.05) is 11.8 Å². The molecule has 4 heteroatoms. The van der Waals surface area contributed by atoms with Crippen LogP contribution in [-0.2, 0) is 4.74 Å². The summed E-state index contributed by atoms with van der Waals surface area (Å²) in [6.07, 6.45) is 3.80. The summed E-state index contributed by atoms with van der Waals surface area (Å²) in [5, 5.41) is 0. The molecule has 0 aliphatic heterocycles. The number of pyridine rings is 1. The molecule has 102 valence electrons. The summed E-state index contributed by atoms with van der Waals surface area (Å²) in [5.41, 5.74) is 3.43. The molecule has 3 nitrogen and oxygen atoms in total. The van der Waals surface area contributed by atoms with Crippen LogP contribution in [0.1, 0.15) is 34.7 Å². The number of aromatic nitrogens is 1. The van der Waals surface area contributed by atoms with Crippen molar-refractivity contribution in [1.29, 1.82) is 0 Å². The summed E-state index contributed by atoms with van der Waals surface area (Å²) in [7, 11) is 1.36. The summed E-state index contributed by atoms with van der Waals surface area (Å²) in [4.78, 5) is 15.3. The predicted octanol–water partition coefficient (Wildman–Crippen LogP) is 3.55. The van der Waals surface area contributed by atoms with Crippen molar-refractivity contribution in [2.45, 2.75) is 18.8 Å². The van der Waals surface area contributed by atoms with Gasteiger partial charge in [-0.15, -0.1) is 0 Å². The molecule has 1 aliphatic carbocycles. The number of methoxy groups -OCH3 is 1. The molecule has 1 saturated carbocycles. The molecule has 1 fully saturated rings. The molecule has 1 aromatic carbocycles. The Morgan fingerprint density at radius 1 is 1.30 bits per heavy atom. The second-order valence-electron chi connectivity index (χ2n) is 4.94. The Morgan fingerprint density at radius 2 is 2.10 bits per heavy atom. The number of carbonyl (C=O) groups excluding carboxylic acids is 1. The van der Waals surface area contributed by atoms with Crippen molar-refractivity contribution in [3.63, 3.8) is 0 Å². The van der Waals surface area contributed by atoms with Crippen molar-refractivity contribution in [2.75, 3.05) is 7.11 Å². The first-order chi connectivity index (χ1) is 9.69. The molecule has 0 N–H and O–H groups in total.